The van der Waals surface area contributed by atoms with E-state index in [1.165, 1.54) is 0 Å². The Bertz CT molecular complexity index is 459. The van der Waals surface area contributed by atoms with Crippen LogP contribution in [0.2, 0.25) is 0 Å². The topological polar surface area (TPSA) is 56.8 Å². The molecule has 0 bridgehead atoms. The van der Waals surface area contributed by atoms with Crippen LogP contribution in [0.3, 0.4) is 0 Å². The van der Waals surface area contributed by atoms with Crippen LogP contribution in [-0.2, 0) is 16.0 Å². The van der Waals surface area contributed by atoms with Gasteiger partial charge in [-0.15, -0.1) is 0 Å². The maximum Gasteiger partial charge on any atom is 0.231 e. The van der Waals surface area contributed by atoms with Crippen molar-refractivity contribution in [2.75, 3.05) is 19.9 Å². The molecule has 0 spiro atoms. The molecule has 5 nitrogen and oxygen atoms in total. The van der Waals surface area contributed by atoms with Crippen molar-refractivity contribution >= 4 is 5.91 Å². The summed E-state index contributed by atoms with van der Waals surface area (Å²) < 4.78 is 15.9. The van der Waals surface area contributed by atoms with Gasteiger partial charge in [-0.05, 0) is 38.0 Å². The predicted molar refractivity (Wildman–Crippen MR) is 75.0 cm³/mol. The minimum atomic E-state index is 0.0371. The molecule has 0 aromatic heterocycles. The van der Waals surface area contributed by atoms with Gasteiger partial charge in [0.05, 0.1) is 12.7 Å². The zero-order chi connectivity index (χ0) is 14.4. The van der Waals surface area contributed by atoms with E-state index in [0.717, 1.165) is 17.1 Å². The van der Waals surface area contributed by atoms with Crippen molar-refractivity contribution < 1.29 is 19.0 Å². The van der Waals surface area contributed by atoms with E-state index in [1.807, 2.05) is 32.0 Å². The third kappa shape index (κ3) is 4.42. The Morgan fingerprint density at radius 1 is 1.35 bits per heavy atom. The summed E-state index contributed by atoms with van der Waals surface area (Å²) in [6, 6.07) is 5.77. The van der Waals surface area contributed by atoms with E-state index in [1.54, 1.807) is 0 Å². The minimum Gasteiger partial charge on any atom is -0.454 e. The summed E-state index contributed by atoms with van der Waals surface area (Å²) in [4.78, 5) is 11.7. The number of rotatable bonds is 7. The highest BCUT2D eigenvalue weighted by Crippen LogP contribution is 2.32. The minimum absolute atomic E-state index is 0.0371. The van der Waals surface area contributed by atoms with Crippen molar-refractivity contribution in [3.05, 3.63) is 23.8 Å². The molecular weight excluding hydrogens is 258 g/mol. The van der Waals surface area contributed by atoms with E-state index < -0.39 is 0 Å². The monoisotopic (exact) mass is 279 g/mol. The van der Waals surface area contributed by atoms with E-state index in [0.29, 0.717) is 26.0 Å². The van der Waals surface area contributed by atoms with E-state index >= 15 is 0 Å². The first-order chi connectivity index (χ1) is 9.65. The Morgan fingerprint density at radius 2 is 2.15 bits per heavy atom. The lowest BCUT2D eigenvalue weighted by Crippen LogP contribution is -2.28. The third-order valence-electron chi connectivity index (χ3n) is 2.95. The zero-order valence-electron chi connectivity index (χ0n) is 12.0. The van der Waals surface area contributed by atoms with Crippen LogP contribution >= 0.6 is 0 Å². The highest BCUT2D eigenvalue weighted by molar-refractivity contribution is 5.76. The van der Waals surface area contributed by atoms with Gasteiger partial charge in [0.15, 0.2) is 11.5 Å². The number of nitrogens with one attached hydrogen (secondary N) is 1. The number of ether oxygens (including phenoxy) is 3. The summed E-state index contributed by atoms with van der Waals surface area (Å²) in [6.07, 6.45) is 1.34. The van der Waals surface area contributed by atoms with Gasteiger partial charge in [0.25, 0.3) is 0 Å². The van der Waals surface area contributed by atoms with Gasteiger partial charge in [-0.3, -0.25) is 4.79 Å². The van der Waals surface area contributed by atoms with Crippen LogP contribution in [0.1, 0.15) is 25.8 Å². The van der Waals surface area contributed by atoms with E-state index in [9.17, 15) is 4.79 Å². The van der Waals surface area contributed by atoms with Crippen molar-refractivity contribution in [2.45, 2.75) is 32.8 Å². The first-order valence-electron chi connectivity index (χ1n) is 6.92. The number of carbonyl (C=O) groups excluding carboxylic acids is 1. The maximum absolute atomic E-state index is 11.7. The number of hydrogen-bond donors (Lipinski definition) is 1. The highest BCUT2D eigenvalue weighted by Gasteiger charge is 2.13. The van der Waals surface area contributed by atoms with Crippen LogP contribution in [0.5, 0.6) is 11.5 Å². The molecule has 0 radical (unpaired) electrons. The summed E-state index contributed by atoms with van der Waals surface area (Å²) in [6.45, 7) is 5.32. The van der Waals surface area contributed by atoms with E-state index in [-0.39, 0.29) is 18.8 Å². The number of hydrogen-bond acceptors (Lipinski definition) is 4. The normalized spacial score (nSPS) is 12.8. The van der Waals surface area contributed by atoms with Gasteiger partial charge < -0.3 is 19.5 Å². The van der Waals surface area contributed by atoms with Crippen LogP contribution in [0.4, 0.5) is 0 Å². The molecular formula is C15H21NO4. The number of benzene rings is 1. The molecule has 110 valence electrons. The molecule has 0 atom stereocenters. The maximum atomic E-state index is 11.7. The van der Waals surface area contributed by atoms with Gasteiger partial charge in [0, 0.05) is 13.0 Å². The van der Waals surface area contributed by atoms with Gasteiger partial charge in [0.1, 0.15) is 0 Å². The largest absolute Gasteiger partial charge is 0.454 e. The molecule has 5 heteroatoms. The second-order valence-electron chi connectivity index (χ2n) is 4.96. The molecule has 1 amide bonds. The smallest absolute Gasteiger partial charge is 0.231 e. The number of carbonyl (C=O) groups is 1. The lowest BCUT2D eigenvalue weighted by atomic mass is 10.1. The van der Waals surface area contributed by atoms with Crippen molar-refractivity contribution in [3.8, 4) is 11.5 Å². The first kappa shape index (κ1) is 14.7. The second kappa shape index (κ2) is 7.14. The molecule has 1 aliphatic rings. The summed E-state index contributed by atoms with van der Waals surface area (Å²) in [7, 11) is 0. The first-order valence-corrected chi connectivity index (χ1v) is 6.92. The molecule has 2 rings (SSSR count). The average molecular weight is 279 g/mol. The fraction of sp³-hybridized carbons (Fsp3) is 0.533. The molecule has 0 saturated carbocycles. The molecule has 1 heterocycles. The number of amides is 1. The highest BCUT2D eigenvalue weighted by atomic mass is 16.7. The summed E-state index contributed by atoms with van der Waals surface area (Å²) in [5, 5.41) is 2.84. The molecule has 1 aromatic carbocycles. The van der Waals surface area contributed by atoms with Crippen molar-refractivity contribution in [1.82, 2.24) is 5.32 Å². The zero-order valence-corrected chi connectivity index (χ0v) is 12.0. The lowest BCUT2D eigenvalue weighted by Gasteiger charge is -2.08. The standard InChI is InChI=1S/C15H21NO4/c1-11(2)18-8-7-16-15(17)6-4-12-3-5-13-14(9-12)20-10-19-13/h3,5,9,11H,4,6-8,10H2,1-2H3,(H,16,17). The molecule has 1 aromatic rings. The molecule has 0 saturated heterocycles. The van der Waals surface area contributed by atoms with Crippen LogP contribution in [0, 0.1) is 0 Å². The molecule has 0 unspecified atom stereocenters. The average Bonchev–Trinajstić information content (AvgIpc) is 2.88. The molecule has 20 heavy (non-hydrogen) atoms. The Morgan fingerprint density at radius 3 is 2.95 bits per heavy atom. The van der Waals surface area contributed by atoms with Crippen LogP contribution in [0.25, 0.3) is 0 Å². The second-order valence-corrected chi connectivity index (χ2v) is 4.96. The van der Waals surface area contributed by atoms with E-state index in [4.69, 9.17) is 14.2 Å². The molecule has 0 fully saturated rings. The van der Waals surface area contributed by atoms with Gasteiger partial charge in [-0.25, -0.2) is 0 Å². The van der Waals surface area contributed by atoms with Crippen molar-refractivity contribution in [2.24, 2.45) is 0 Å². The summed E-state index contributed by atoms with van der Waals surface area (Å²) in [5.41, 5.74) is 1.07. The van der Waals surface area contributed by atoms with E-state index in [2.05, 4.69) is 5.32 Å². The Balaban J connectivity index is 1.68. The molecule has 1 N–H and O–H groups in total. The fourth-order valence-electron chi connectivity index (χ4n) is 1.93. The van der Waals surface area contributed by atoms with Crippen molar-refractivity contribution in [1.29, 1.82) is 0 Å². The summed E-state index contributed by atoms with van der Waals surface area (Å²) >= 11 is 0. The van der Waals surface area contributed by atoms with Gasteiger partial charge >= 0.3 is 0 Å². The number of fused-ring (bicyclic) bond motifs is 1. The molecule has 1 aliphatic heterocycles. The lowest BCUT2D eigenvalue weighted by molar-refractivity contribution is -0.121. The predicted octanol–water partition coefficient (Wildman–Crippen LogP) is 1.89. The van der Waals surface area contributed by atoms with Crippen LogP contribution in [0.15, 0.2) is 18.2 Å². The Labute approximate surface area is 119 Å². The van der Waals surface area contributed by atoms with Crippen LogP contribution in [-0.4, -0.2) is 32.0 Å². The Hall–Kier alpha value is -1.75. The Kier molecular flexibility index (Phi) is 5.24. The van der Waals surface area contributed by atoms with Crippen LogP contribution < -0.4 is 14.8 Å². The summed E-state index contributed by atoms with van der Waals surface area (Å²) in [5.74, 6) is 1.56. The SMILES string of the molecule is CC(C)OCCNC(=O)CCc1ccc2c(c1)OCO2. The van der Waals surface area contributed by atoms with Gasteiger partial charge in [0.2, 0.25) is 12.7 Å². The fourth-order valence-corrected chi connectivity index (χ4v) is 1.93. The quantitative estimate of drug-likeness (QED) is 0.774. The number of aryl methyl sites for hydroxylation is 1. The van der Waals surface area contributed by atoms with Gasteiger partial charge in [-0.1, -0.05) is 6.07 Å². The third-order valence-corrected chi connectivity index (χ3v) is 2.95. The van der Waals surface area contributed by atoms with Gasteiger partial charge in [-0.2, -0.15) is 0 Å². The van der Waals surface area contributed by atoms with Crippen molar-refractivity contribution in [3.63, 3.8) is 0 Å². The molecule has 0 aliphatic carbocycles.